The third-order valence-electron chi connectivity index (χ3n) is 5.14. The van der Waals surface area contributed by atoms with E-state index in [1.54, 1.807) is 29.2 Å². The number of rotatable bonds is 2. The van der Waals surface area contributed by atoms with Gasteiger partial charge in [0.1, 0.15) is 22.4 Å². The normalized spacial score (nSPS) is 25.2. The maximum atomic E-state index is 13.9. The van der Waals surface area contributed by atoms with Gasteiger partial charge in [0.2, 0.25) is 0 Å². The monoisotopic (exact) mass is 344 g/mol. The zero-order valence-electron chi connectivity index (χ0n) is 13.7. The molecule has 2 atom stereocenters. The number of likely N-dealkylation sites (tertiary alicyclic amines) is 1. The van der Waals surface area contributed by atoms with Crippen molar-refractivity contribution in [2.75, 3.05) is 33.4 Å². The van der Waals surface area contributed by atoms with E-state index in [2.05, 4.69) is 4.98 Å². The number of para-hydroxylation sites is 1. The van der Waals surface area contributed by atoms with Gasteiger partial charge in [-0.15, -0.1) is 0 Å². The Morgan fingerprint density at radius 1 is 1.36 bits per heavy atom. The van der Waals surface area contributed by atoms with Crippen LogP contribution in [0.2, 0.25) is 0 Å². The molecule has 0 aliphatic carbocycles. The Kier molecular flexibility index (Phi) is 3.68. The van der Waals surface area contributed by atoms with Gasteiger partial charge < -0.3 is 14.4 Å². The molecular weight excluding hydrogens is 327 g/mol. The molecule has 2 aliphatic rings. The molecule has 0 bridgehead atoms. The van der Waals surface area contributed by atoms with Crippen LogP contribution in [-0.4, -0.2) is 55.2 Å². The van der Waals surface area contributed by atoms with Crippen molar-refractivity contribution >= 4 is 22.8 Å². The number of nitrogens with zero attached hydrogens (tertiary/aromatic N) is 2. The number of methoxy groups -OCH3 is 1. The van der Waals surface area contributed by atoms with Crippen molar-refractivity contribution in [1.29, 1.82) is 0 Å². The average molecular weight is 344 g/mol. The molecule has 3 heterocycles. The predicted molar refractivity (Wildman–Crippen MR) is 86.4 cm³/mol. The highest BCUT2D eigenvalue weighted by Crippen LogP contribution is 2.42. The lowest BCUT2D eigenvalue weighted by molar-refractivity contribution is -0.153. The van der Waals surface area contributed by atoms with Gasteiger partial charge in [0.05, 0.1) is 20.3 Å². The number of pyridine rings is 1. The first-order valence-electron chi connectivity index (χ1n) is 8.06. The number of amides is 1. The van der Waals surface area contributed by atoms with Gasteiger partial charge >= 0.3 is 5.97 Å². The molecule has 1 amide bonds. The Hall–Kier alpha value is -2.54. The molecular formula is C18H17FN2O4. The number of carbonyl (C=O) groups is 2. The van der Waals surface area contributed by atoms with Crippen molar-refractivity contribution < 1.29 is 23.5 Å². The fourth-order valence-corrected chi connectivity index (χ4v) is 3.77. The maximum Gasteiger partial charge on any atom is 0.316 e. The largest absolute Gasteiger partial charge is 0.468 e. The second-order valence-corrected chi connectivity index (χ2v) is 6.55. The number of fused-ring (bicyclic) bond motifs is 2. The van der Waals surface area contributed by atoms with Crippen LogP contribution >= 0.6 is 0 Å². The van der Waals surface area contributed by atoms with Gasteiger partial charge in [-0.1, -0.05) is 18.2 Å². The average Bonchev–Trinajstić information content (AvgIpc) is 3.19. The fraction of sp³-hybridized carbons (Fsp3) is 0.389. The Balaban J connectivity index is 1.64. The molecule has 2 aliphatic heterocycles. The third-order valence-corrected chi connectivity index (χ3v) is 5.14. The highest BCUT2D eigenvalue weighted by Gasteiger charge is 2.57. The molecule has 6 nitrogen and oxygen atoms in total. The van der Waals surface area contributed by atoms with Gasteiger partial charge in [-0.25, -0.2) is 9.37 Å². The second-order valence-electron chi connectivity index (χ2n) is 6.55. The van der Waals surface area contributed by atoms with E-state index < -0.39 is 11.2 Å². The van der Waals surface area contributed by atoms with Crippen LogP contribution in [0.1, 0.15) is 10.5 Å². The van der Waals surface area contributed by atoms with E-state index in [0.717, 1.165) is 0 Å². The Labute approximate surface area is 143 Å². The minimum Gasteiger partial charge on any atom is -0.468 e. The first kappa shape index (κ1) is 16.0. The van der Waals surface area contributed by atoms with E-state index in [-0.39, 0.29) is 42.2 Å². The Morgan fingerprint density at radius 3 is 3.00 bits per heavy atom. The van der Waals surface area contributed by atoms with Gasteiger partial charge in [0, 0.05) is 24.4 Å². The van der Waals surface area contributed by atoms with Crippen LogP contribution in [0.25, 0.3) is 10.9 Å². The van der Waals surface area contributed by atoms with Crippen molar-refractivity contribution in [3.8, 4) is 0 Å². The van der Waals surface area contributed by atoms with Crippen LogP contribution in [0.15, 0.2) is 30.3 Å². The van der Waals surface area contributed by atoms with E-state index in [0.29, 0.717) is 18.5 Å². The number of ether oxygens (including phenoxy) is 2. The highest BCUT2D eigenvalue weighted by atomic mass is 19.1. The summed E-state index contributed by atoms with van der Waals surface area (Å²) in [5.41, 5.74) is -0.482. The van der Waals surface area contributed by atoms with Crippen LogP contribution in [-0.2, 0) is 14.3 Å². The lowest BCUT2D eigenvalue weighted by Gasteiger charge is -2.23. The minimum absolute atomic E-state index is 0.0962. The van der Waals surface area contributed by atoms with Crippen molar-refractivity contribution in [2.24, 2.45) is 11.3 Å². The van der Waals surface area contributed by atoms with E-state index in [4.69, 9.17) is 9.47 Å². The first-order valence-corrected chi connectivity index (χ1v) is 8.06. The quantitative estimate of drug-likeness (QED) is 0.775. The molecule has 2 saturated heterocycles. The molecule has 2 aromatic rings. The highest BCUT2D eigenvalue weighted by molar-refractivity contribution is 5.96. The van der Waals surface area contributed by atoms with E-state index >= 15 is 0 Å². The molecule has 130 valence electrons. The maximum absolute atomic E-state index is 13.9. The molecule has 1 aromatic carbocycles. The summed E-state index contributed by atoms with van der Waals surface area (Å²) in [6.07, 6.45) is 0. The summed E-state index contributed by atoms with van der Waals surface area (Å²) in [5.74, 6) is -1.24. The van der Waals surface area contributed by atoms with Gasteiger partial charge in [0.15, 0.2) is 0 Å². The summed E-state index contributed by atoms with van der Waals surface area (Å²) in [6.45, 7) is 1.28. The molecule has 2 fully saturated rings. The van der Waals surface area contributed by atoms with Crippen molar-refractivity contribution in [1.82, 2.24) is 9.88 Å². The van der Waals surface area contributed by atoms with Gasteiger partial charge in [-0.05, 0) is 12.1 Å². The SMILES string of the molecule is COC(=O)[C@@]12COC[C@@H]1CN(C(=O)c1ccc3cccc(F)c3n1)C2. The molecule has 1 aromatic heterocycles. The Bertz CT molecular complexity index is 871. The fourth-order valence-electron chi connectivity index (χ4n) is 3.77. The van der Waals surface area contributed by atoms with Crippen LogP contribution < -0.4 is 0 Å². The summed E-state index contributed by atoms with van der Waals surface area (Å²) in [5, 5.41) is 0.634. The molecule has 7 heteroatoms. The van der Waals surface area contributed by atoms with E-state index in [9.17, 15) is 14.0 Å². The van der Waals surface area contributed by atoms with Crippen molar-refractivity contribution in [2.45, 2.75) is 0 Å². The lowest BCUT2D eigenvalue weighted by atomic mass is 9.81. The van der Waals surface area contributed by atoms with Crippen LogP contribution in [0, 0.1) is 17.2 Å². The van der Waals surface area contributed by atoms with Crippen LogP contribution in [0.5, 0.6) is 0 Å². The molecule has 25 heavy (non-hydrogen) atoms. The molecule has 0 N–H and O–H groups in total. The summed E-state index contributed by atoms with van der Waals surface area (Å²) in [7, 11) is 1.34. The number of esters is 1. The minimum atomic E-state index is -0.813. The molecule has 0 radical (unpaired) electrons. The zero-order chi connectivity index (χ0) is 17.6. The van der Waals surface area contributed by atoms with Crippen molar-refractivity contribution in [3.63, 3.8) is 0 Å². The van der Waals surface area contributed by atoms with Crippen molar-refractivity contribution in [3.05, 3.63) is 41.8 Å². The second kappa shape index (κ2) is 5.77. The summed E-state index contributed by atoms with van der Waals surface area (Å²) in [4.78, 5) is 30.8. The lowest BCUT2D eigenvalue weighted by Crippen LogP contribution is -2.41. The standard InChI is InChI=1S/C18H17FN2O4/c1-24-17(23)18-9-21(7-12(18)8-25-10-18)16(22)14-6-5-11-3-2-4-13(19)15(11)20-14/h2-6,12H,7-10H2,1H3/t12-,18-/m0/s1. The predicted octanol–water partition coefficient (Wildman–Crippen LogP) is 1.64. The number of hydrogen-bond acceptors (Lipinski definition) is 5. The van der Waals surface area contributed by atoms with Crippen LogP contribution in [0.3, 0.4) is 0 Å². The number of benzene rings is 1. The van der Waals surface area contributed by atoms with Gasteiger partial charge in [-0.2, -0.15) is 0 Å². The topological polar surface area (TPSA) is 68.7 Å². The van der Waals surface area contributed by atoms with E-state index in [1.165, 1.54) is 13.2 Å². The van der Waals surface area contributed by atoms with Crippen LogP contribution in [0.4, 0.5) is 4.39 Å². The van der Waals surface area contributed by atoms with Gasteiger partial charge in [0.25, 0.3) is 5.91 Å². The molecule has 4 rings (SSSR count). The number of halogens is 1. The molecule has 0 spiro atoms. The number of hydrogen-bond donors (Lipinski definition) is 0. The number of carbonyl (C=O) groups excluding carboxylic acids is 2. The third kappa shape index (κ3) is 2.38. The molecule has 0 saturated carbocycles. The number of aromatic nitrogens is 1. The summed E-state index contributed by atoms with van der Waals surface area (Å²) < 4.78 is 24.3. The first-order chi connectivity index (χ1) is 12.0. The van der Waals surface area contributed by atoms with Gasteiger partial charge in [-0.3, -0.25) is 9.59 Å². The zero-order valence-corrected chi connectivity index (χ0v) is 13.7. The summed E-state index contributed by atoms with van der Waals surface area (Å²) >= 11 is 0. The Morgan fingerprint density at radius 2 is 2.20 bits per heavy atom. The van der Waals surface area contributed by atoms with E-state index in [1.807, 2.05) is 0 Å². The smallest absolute Gasteiger partial charge is 0.316 e. The summed E-state index contributed by atoms with van der Waals surface area (Å²) in [6, 6.07) is 7.91. The molecule has 0 unspecified atom stereocenters.